The second-order valence-corrected chi connectivity index (χ2v) is 9.41. The van der Waals surface area contributed by atoms with E-state index >= 15 is 0 Å². The highest BCUT2D eigenvalue weighted by Gasteiger charge is 2.16. The second-order valence-electron chi connectivity index (χ2n) is 8.25. The molecule has 0 heterocycles. The van der Waals surface area contributed by atoms with Gasteiger partial charge in [0.15, 0.2) is 0 Å². The van der Waals surface area contributed by atoms with Crippen LogP contribution in [0.4, 0.5) is 0 Å². The number of carboxylic acids is 1. The van der Waals surface area contributed by atoms with Gasteiger partial charge in [-0.25, -0.2) is 4.79 Å². The predicted molar refractivity (Wildman–Crippen MR) is 134 cm³/mol. The van der Waals surface area contributed by atoms with E-state index in [2.05, 4.69) is 48.7 Å². The van der Waals surface area contributed by atoms with E-state index in [4.69, 9.17) is 4.74 Å². The SMILES string of the molecule is CC(C)(C)c1ccc(C(=O)N/C(=C\c2ccc(Oc3ccccc3I)cc2)C(=O)O)cc1. The second kappa shape index (κ2) is 9.99. The molecule has 2 N–H and O–H groups in total. The van der Waals surface area contributed by atoms with Gasteiger partial charge < -0.3 is 15.2 Å². The molecule has 3 rings (SSSR count). The van der Waals surface area contributed by atoms with E-state index in [0.29, 0.717) is 16.9 Å². The number of benzene rings is 3. The van der Waals surface area contributed by atoms with Crippen LogP contribution in [-0.4, -0.2) is 17.0 Å². The number of carbonyl (C=O) groups is 2. The topological polar surface area (TPSA) is 75.6 Å². The number of nitrogens with one attached hydrogen (secondary N) is 1. The fraction of sp³-hybridized carbons (Fsp3) is 0.154. The number of carboxylic acid groups (broad SMARTS) is 1. The Labute approximate surface area is 201 Å². The number of carbonyl (C=O) groups excluding carboxylic acids is 1. The first-order chi connectivity index (χ1) is 15.1. The van der Waals surface area contributed by atoms with Gasteiger partial charge in [-0.1, -0.05) is 57.2 Å². The maximum absolute atomic E-state index is 12.6. The molecule has 0 aliphatic rings. The lowest BCUT2D eigenvalue weighted by molar-refractivity contribution is -0.132. The van der Waals surface area contributed by atoms with Crippen molar-refractivity contribution in [3.8, 4) is 11.5 Å². The summed E-state index contributed by atoms with van der Waals surface area (Å²) in [6, 6.07) is 21.8. The van der Waals surface area contributed by atoms with Crippen LogP contribution in [0.15, 0.2) is 78.5 Å². The Morgan fingerprint density at radius 3 is 2.12 bits per heavy atom. The summed E-state index contributed by atoms with van der Waals surface area (Å²) < 4.78 is 6.84. The molecule has 0 aliphatic carbocycles. The monoisotopic (exact) mass is 541 g/mol. The van der Waals surface area contributed by atoms with Crippen molar-refractivity contribution in [1.29, 1.82) is 0 Å². The Morgan fingerprint density at radius 1 is 0.938 bits per heavy atom. The molecule has 32 heavy (non-hydrogen) atoms. The summed E-state index contributed by atoms with van der Waals surface area (Å²) in [5.74, 6) is -0.319. The zero-order valence-corrected chi connectivity index (χ0v) is 20.2. The minimum atomic E-state index is -1.22. The highest BCUT2D eigenvalue weighted by atomic mass is 127. The molecule has 0 saturated carbocycles. The van der Waals surface area contributed by atoms with Crippen LogP contribution >= 0.6 is 22.6 Å². The van der Waals surface area contributed by atoms with Crippen molar-refractivity contribution in [3.63, 3.8) is 0 Å². The van der Waals surface area contributed by atoms with Gasteiger partial charge in [-0.3, -0.25) is 4.79 Å². The predicted octanol–water partition coefficient (Wildman–Crippen LogP) is 6.24. The molecule has 0 radical (unpaired) electrons. The third-order valence-corrected chi connectivity index (χ3v) is 5.64. The quantitative estimate of drug-likeness (QED) is 0.286. The lowest BCUT2D eigenvalue weighted by Gasteiger charge is -2.19. The largest absolute Gasteiger partial charge is 0.477 e. The van der Waals surface area contributed by atoms with Crippen molar-refractivity contribution in [2.24, 2.45) is 0 Å². The number of para-hydroxylation sites is 1. The fourth-order valence-corrected chi connectivity index (χ4v) is 3.42. The van der Waals surface area contributed by atoms with E-state index in [1.165, 1.54) is 6.08 Å². The zero-order valence-electron chi connectivity index (χ0n) is 18.1. The van der Waals surface area contributed by atoms with Gasteiger partial charge in [0, 0.05) is 5.56 Å². The van der Waals surface area contributed by atoms with Crippen LogP contribution in [-0.2, 0) is 10.2 Å². The van der Waals surface area contributed by atoms with E-state index in [9.17, 15) is 14.7 Å². The normalized spacial score (nSPS) is 11.7. The number of hydrogen-bond donors (Lipinski definition) is 2. The summed E-state index contributed by atoms with van der Waals surface area (Å²) in [6.45, 7) is 6.26. The number of aliphatic carboxylic acids is 1. The summed E-state index contributed by atoms with van der Waals surface area (Å²) in [4.78, 5) is 24.3. The maximum Gasteiger partial charge on any atom is 0.352 e. The third-order valence-electron chi connectivity index (χ3n) is 4.75. The Morgan fingerprint density at radius 2 is 1.56 bits per heavy atom. The Hall–Kier alpha value is -3.13. The molecule has 0 spiro atoms. The lowest BCUT2D eigenvalue weighted by Crippen LogP contribution is -2.27. The average molecular weight is 541 g/mol. The van der Waals surface area contributed by atoms with Crippen LogP contribution in [0.1, 0.15) is 42.3 Å². The van der Waals surface area contributed by atoms with Crippen LogP contribution in [0.5, 0.6) is 11.5 Å². The maximum atomic E-state index is 12.6. The van der Waals surface area contributed by atoms with Crippen LogP contribution < -0.4 is 10.1 Å². The number of ether oxygens (including phenoxy) is 1. The fourth-order valence-electron chi connectivity index (χ4n) is 2.92. The molecule has 0 unspecified atom stereocenters. The van der Waals surface area contributed by atoms with E-state index in [-0.39, 0.29) is 11.1 Å². The van der Waals surface area contributed by atoms with E-state index in [1.807, 2.05) is 36.4 Å². The van der Waals surface area contributed by atoms with Gasteiger partial charge in [-0.05, 0) is 81.6 Å². The van der Waals surface area contributed by atoms with Crippen LogP contribution in [0, 0.1) is 3.57 Å². The van der Waals surface area contributed by atoms with Crippen molar-refractivity contribution >= 4 is 40.5 Å². The van der Waals surface area contributed by atoms with Gasteiger partial charge in [0.05, 0.1) is 3.57 Å². The summed E-state index contributed by atoms with van der Waals surface area (Å²) >= 11 is 2.20. The molecule has 3 aromatic carbocycles. The highest BCUT2D eigenvalue weighted by molar-refractivity contribution is 14.1. The van der Waals surface area contributed by atoms with Gasteiger partial charge >= 0.3 is 5.97 Å². The molecule has 0 saturated heterocycles. The molecule has 3 aromatic rings. The minimum Gasteiger partial charge on any atom is -0.477 e. The van der Waals surface area contributed by atoms with Crippen molar-refractivity contribution in [3.05, 3.63) is 98.8 Å². The Balaban J connectivity index is 1.73. The van der Waals surface area contributed by atoms with Gasteiger partial charge in [-0.15, -0.1) is 0 Å². The standard InChI is InChI=1S/C26H24INO4/c1-26(2,3)19-12-10-18(11-13-19)24(29)28-22(25(30)31)16-17-8-14-20(15-9-17)32-23-7-5-4-6-21(23)27/h4-16H,1-3H3,(H,28,29)(H,30,31)/b22-16-. The average Bonchev–Trinajstić information content (AvgIpc) is 2.75. The Kier molecular flexibility index (Phi) is 7.35. The molecular weight excluding hydrogens is 517 g/mol. The smallest absolute Gasteiger partial charge is 0.352 e. The molecule has 0 bridgehead atoms. The Bertz CT molecular complexity index is 1140. The van der Waals surface area contributed by atoms with E-state index < -0.39 is 11.9 Å². The van der Waals surface area contributed by atoms with Gasteiger partial charge in [0.25, 0.3) is 5.91 Å². The van der Waals surface area contributed by atoms with Crippen LogP contribution in [0.2, 0.25) is 0 Å². The number of amides is 1. The lowest BCUT2D eigenvalue weighted by atomic mass is 9.87. The first-order valence-electron chi connectivity index (χ1n) is 10.0. The van der Waals surface area contributed by atoms with Crippen molar-refractivity contribution in [1.82, 2.24) is 5.32 Å². The molecule has 5 nitrogen and oxygen atoms in total. The van der Waals surface area contributed by atoms with Crippen molar-refractivity contribution < 1.29 is 19.4 Å². The van der Waals surface area contributed by atoms with Gasteiger partial charge in [-0.2, -0.15) is 0 Å². The zero-order chi connectivity index (χ0) is 23.3. The van der Waals surface area contributed by atoms with Gasteiger partial charge in [0.2, 0.25) is 0 Å². The van der Waals surface area contributed by atoms with Crippen LogP contribution in [0.25, 0.3) is 6.08 Å². The molecule has 0 fully saturated rings. The third kappa shape index (κ3) is 6.20. The molecule has 6 heteroatoms. The van der Waals surface area contributed by atoms with Crippen molar-refractivity contribution in [2.45, 2.75) is 26.2 Å². The molecule has 0 aromatic heterocycles. The molecule has 0 aliphatic heterocycles. The first kappa shape index (κ1) is 23.5. The highest BCUT2D eigenvalue weighted by Crippen LogP contribution is 2.27. The summed E-state index contributed by atoms with van der Waals surface area (Å²) in [5, 5.41) is 12.0. The number of hydrogen-bond acceptors (Lipinski definition) is 3. The molecular formula is C26H24INO4. The molecule has 1 amide bonds. The number of rotatable bonds is 6. The summed E-state index contributed by atoms with van der Waals surface area (Å²) in [6.07, 6.45) is 1.42. The first-order valence-corrected chi connectivity index (χ1v) is 11.1. The van der Waals surface area contributed by atoms with E-state index in [1.54, 1.807) is 36.4 Å². The van der Waals surface area contributed by atoms with E-state index in [0.717, 1.165) is 14.9 Å². The summed E-state index contributed by atoms with van der Waals surface area (Å²) in [5.41, 5.74) is 1.87. The van der Waals surface area contributed by atoms with Crippen molar-refractivity contribution in [2.75, 3.05) is 0 Å². The number of halogens is 1. The molecule has 164 valence electrons. The minimum absolute atomic E-state index is 0.0319. The molecule has 0 atom stereocenters. The van der Waals surface area contributed by atoms with Gasteiger partial charge in [0.1, 0.15) is 17.2 Å². The summed E-state index contributed by atoms with van der Waals surface area (Å²) in [7, 11) is 0. The van der Waals surface area contributed by atoms with Crippen LogP contribution in [0.3, 0.4) is 0 Å².